The highest BCUT2D eigenvalue weighted by molar-refractivity contribution is 6.03. The molecule has 0 radical (unpaired) electrons. The van der Waals surface area contributed by atoms with Crippen molar-refractivity contribution in [2.45, 2.75) is 33.2 Å². The number of benzene rings is 1. The minimum Gasteiger partial charge on any atom is -0.350 e. The Kier molecular flexibility index (Phi) is 4.60. The number of rotatable bonds is 3. The predicted molar refractivity (Wildman–Crippen MR) is 89.3 cm³/mol. The van der Waals surface area contributed by atoms with E-state index in [1.807, 2.05) is 33.8 Å². The molecule has 0 fully saturated rings. The first kappa shape index (κ1) is 16.4. The molecule has 0 unspecified atom stereocenters. The van der Waals surface area contributed by atoms with Crippen LogP contribution in [0.3, 0.4) is 0 Å². The molecular formula is C17H19N5O. The smallest absolute Gasteiger partial charge is 0.274 e. The van der Waals surface area contributed by atoms with Gasteiger partial charge in [0.05, 0.1) is 11.6 Å². The van der Waals surface area contributed by atoms with Crippen molar-refractivity contribution >= 4 is 17.5 Å². The molecule has 6 nitrogen and oxygen atoms in total. The quantitative estimate of drug-likeness (QED) is 0.909. The first-order valence-corrected chi connectivity index (χ1v) is 7.22. The van der Waals surface area contributed by atoms with Gasteiger partial charge in [-0.2, -0.15) is 5.26 Å². The Morgan fingerprint density at radius 3 is 2.39 bits per heavy atom. The van der Waals surface area contributed by atoms with Crippen LogP contribution in [0.25, 0.3) is 0 Å². The molecule has 2 aromatic rings. The van der Waals surface area contributed by atoms with E-state index in [9.17, 15) is 4.79 Å². The zero-order valence-corrected chi connectivity index (χ0v) is 13.6. The summed E-state index contributed by atoms with van der Waals surface area (Å²) in [6.07, 6.45) is 0. The molecule has 0 spiro atoms. The highest BCUT2D eigenvalue weighted by atomic mass is 16.1. The molecule has 23 heavy (non-hydrogen) atoms. The molecule has 2 rings (SSSR count). The topological polar surface area (TPSA) is 90.7 Å². The number of nitrogens with zero attached hydrogens (tertiary/aromatic N) is 3. The lowest BCUT2D eigenvalue weighted by atomic mass is 10.1. The normalized spacial score (nSPS) is 10.7. The maximum absolute atomic E-state index is 12.3. The second kappa shape index (κ2) is 6.44. The number of aryl methyl sites for hydroxylation is 1. The Bertz CT molecular complexity index is 754. The molecule has 0 aliphatic heterocycles. The van der Waals surface area contributed by atoms with E-state index in [2.05, 4.69) is 20.6 Å². The number of anilines is 2. The van der Waals surface area contributed by atoms with Gasteiger partial charge in [0.2, 0.25) is 5.95 Å². The molecule has 6 heteroatoms. The number of nitriles is 1. The van der Waals surface area contributed by atoms with Crippen LogP contribution in [0.2, 0.25) is 0 Å². The number of aromatic nitrogens is 2. The Morgan fingerprint density at radius 1 is 1.17 bits per heavy atom. The standard InChI is InChI=1S/C17H19N5O/c1-11-9-14(21-16(19-11)22-17(2,3)4)15(23)20-13-7-5-12(10-18)6-8-13/h5-9H,1-4H3,(H,20,23)(H,19,21,22). The lowest BCUT2D eigenvalue weighted by Crippen LogP contribution is -2.28. The van der Waals surface area contributed by atoms with E-state index in [-0.39, 0.29) is 17.1 Å². The van der Waals surface area contributed by atoms with Crippen LogP contribution in [-0.2, 0) is 0 Å². The van der Waals surface area contributed by atoms with Gasteiger partial charge in [-0.3, -0.25) is 4.79 Å². The Hall–Kier alpha value is -2.94. The summed E-state index contributed by atoms with van der Waals surface area (Å²) in [6, 6.07) is 10.3. The molecule has 0 bridgehead atoms. The zero-order valence-electron chi connectivity index (χ0n) is 13.6. The minimum atomic E-state index is -0.322. The van der Waals surface area contributed by atoms with Crippen molar-refractivity contribution in [2.75, 3.05) is 10.6 Å². The van der Waals surface area contributed by atoms with Gasteiger partial charge in [-0.25, -0.2) is 9.97 Å². The van der Waals surface area contributed by atoms with Gasteiger partial charge < -0.3 is 10.6 Å². The molecule has 0 aliphatic rings. The second-order valence-electron chi connectivity index (χ2n) is 6.24. The number of nitrogens with one attached hydrogen (secondary N) is 2. The highest BCUT2D eigenvalue weighted by Crippen LogP contribution is 2.14. The van der Waals surface area contributed by atoms with E-state index in [0.29, 0.717) is 22.9 Å². The summed E-state index contributed by atoms with van der Waals surface area (Å²) in [5.74, 6) is 0.0969. The van der Waals surface area contributed by atoms with Crippen molar-refractivity contribution in [1.29, 1.82) is 5.26 Å². The number of amides is 1. The van der Waals surface area contributed by atoms with Crippen LogP contribution in [0.5, 0.6) is 0 Å². The average molecular weight is 309 g/mol. The van der Waals surface area contributed by atoms with Crippen LogP contribution < -0.4 is 10.6 Å². The second-order valence-corrected chi connectivity index (χ2v) is 6.24. The Labute approximate surface area is 135 Å². The van der Waals surface area contributed by atoms with E-state index >= 15 is 0 Å². The third-order valence-corrected chi connectivity index (χ3v) is 2.85. The molecule has 1 amide bonds. The van der Waals surface area contributed by atoms with E-state index < -0.39 is 0 Å². The minimum absolute atomic E-state index is 0.200. The van der Waals surface area contributed by atoms with Crippen molar-refractivity contribution in [3.8, 4) is 6.07 Å². The summed E-state index contributed by atoms with van der Waals surface area (Å²) in [4.78, 5) is 20.9. The van der Waals surface area contributed by atoms with E-state index in [1.54, 1.807) is 30.3 Å². The first-order valence-electron chi connectivity index (χ1n) is 7.22. The monoisotopic (exact) mass is 309 g/mol. The molecule has 118 valence electrons. The molecule has 1 aromatic carbocycles. The Balaban J connectivity index is 2.19. The van der Waals surface area contributed by atoms with Crippen LogP contribution in [0.15, 0.2) is 30.3 Å². The number of carbonyl (C=O) groups is 1. The number of hydrogen-bond acceptors (Lipinski definition) is 5. The number of hydrogen-bond donors (Lipinski definition) is 2. The van der Waals surface area contributed by atoms with Crippen LogP contribution in [0, 0.1) is 18.3 Å². The molecule has 0 saturated carbocycles. The summed E-state index contributed by atoms with van der Waals surface area (Å²) in [5, 5.41) is 14.7. The van der Waals surface area contributed by atoms with Crippen LogP contribution >= 0.6 is 0 Å². The van der Waals surface area contributed by atoms with Gasteiger partial charge in [0, 0.05) is 16.9 Å². The molecule has 0 atom stereocenters. The van der Waals surface area contributed by atoms with Gasteiger partial charge in [-0.15, -0.1) is 0 Å². The molecule has 0 aliphatic carbocycles. The van der Waals surface area contributed by atoms with Gasteiger partial charge in [-0.05, 0) is 58.0 Å². The SMILES string of the molecule is Cc1cc(C(=O)Nc2ccc(C#N)cc2)nc(NC(C)(C)C)n1. The van der Waals surface area contributed by atoms with E-state index in [0.717, 1.165) is 0 Å². The largest absolute Gasteiger partial charge is 0.350 e. The van der Waals surface area contributed by atoms with Gasteiger partial charge in [0.1, 0.15) is 5.69 Å². The van der Waals surface area contributed by atoms with Crippen molar-refractivity contribution in [1.82, 2.24) is 9.97 Å². The maximum atomic E-state index is 12.3. The fourth-order valence-corrected chi connectivity index (χ4v) is 1.90. The zero-order chi connectivity index (χ0) is 17.0. The van der Waals surface area contributed by atoms with E-state index in [1.165, 1.54) is 0 Å². The summed E-state index contributed by atoms with van der Waals surface area (Å²) in [7, 11) is 0. The van der Waals surface area contributed by atoms with Crippen LogP contribution in [-0.4, -0.2) is 21.4 Å². The van der Waals surface area contributed by atoms with Crippen molar-refractivity contribution in [2.24, 2.45) is 0 Å². The molecule has 1 aromatic heterocycles. The van der Waals surface area contributed by atoms with Crippen molar-refractivity contribution in [3.63, 3.8) is 0 Å². The predicted octanol–water partition coefficient (Wildman–Crippen LogP) is 3.12. The number of carbonyl (C=O) groups excluding carboxylic acids is 1. The lowest BCUT2D eigenvalue weighted by molar-refractivity contribution is 0.102. The van der Waals surface area contributed by atoms with Crippen LogP contribution in [0.1, 0.15) is 42.5 Å². The molecule has 2 N–H and O–H groups in total. The van der Waals surface area contributed by atoms with Gasteiger partial charge in [-0.1, -0.05) is 0 Å². The first-order chi connectivity index (χ1) is 10.8. The third-order valence-electron chi connectivity index (χ3n) is 2.85. The summed E-state index contributed by atoms with van der Waals surface area (Å²) in [6.45, 7) is 7.80. The van der Waals surface area contributed by atoms with Gasteiger partial charge in [0.25, 0.3) is 5.91 Å². The fourth-order valence-electron chi connectivity index (χ4n) is 1.90. The van der Waals surface area contributed by atoms with Crippen LogP contribution in [0.4, 0.5) is 11.6 Å². The van der Waals surface area contributed by atoms with Crippen molar-refractivity contribution < 1.29 is 4.79 Å². The fraction of sp³-hybridized carbons (Fsp3) is 0.294. The Morgan fingerprint density at radius 2 is 1.83 bits per heavy atom. The maximum Gasteiger partial charge on any atom is 0.274 e. The summed E-state index contributed by atoms with van der Waals surface area (Å²) < 4.78 is 0. The third kappa shape index (κ3) is 4.78. The molecular weight excluding hydrogens is 290 g/mol. The lowest BCUT2D eigenvalue weighted by Gasteiger charge is -2.20. The van der Waals surface area contributed by atoms with Crippen molar-refractivity contribution in [3.05, 3.63) is 47.3 Å². The summed E-state index contributed by atoms with van der Waals surface area (Å²) >= 11 is 0. The average Bonchev–Trinajstić information content (AvgIpc) is 2.45. The van der Waals surface area contributed by atoms with E-state index in [4.69, 9.17) is 5.26 Å². The molecule has 1 heterocycles. The highest BCUT2D eigenvalue weighted by Gasteiger charge is 2.15. The molecule has 0 saturated heterocycles. The van der Waals surface area contributed by atoms with Gasteiger partial charge in [0.15, 0.2) is 0 Å². The van der Waals surface area contributed by atoms with Gasteiger partial charge >= 0.3 is 0 Å². The summed E-state index contributed by atoms with van der Waals surface area (Å²) in [5.41, 5.74) is 1.94.